The van der Waals surface area contributed by atoms with Crippen LogP contribution in [0.5, 0.6) is 5.75 Å². The van der Waals surface area contributed by atoms with Gasteiger partial charge in [0.15, 0.2) is 5.11 Å². The molecule has 1 saturated heterocycles. The number of phenolic OH excluding ortho intramolecular Hbond substituents is 1. The summed E-state index contributed by atoms with van der Waals surface area (Å²) in [6.07, 6.45) is 1.80. The van der Waals surface area contributed by atoms with Crippen LogP contribution in [0.1, 0.15) is 40.3 Å². The van der Waals surface area contributed by atoms with Crippen molar-refractivity contribution in [1.82, 2.24) is 14.9 Å². The number of hydrogen-bond donors (Lipinski definition) is 2. The second-order valence-corrected chi connectivity index (χ2v) is 9.45. The van der Waals surface area contributed by atoms with E-state index in [-0.39, 0.29) is 17.8 Å². The van der Waals surface area contributed by atoms with Crippen LogP contribution in [-0.4, -0.2) is 19.8 Å². The number of aryl methyl sites for hydroxylation is 2. The number of phenols is 1. The highest BCUT2D eigenvalue weighted by molar-refractivity contribution is 7.80. The lowest BCUT2D eigenvalue weighted by Gasteiger charge is -2.28. The molecule has 0 radical (unpaired) electrons. The minimum Gasteiger partial charge on any atom is -0.506 e. The van der Waals surface area contributed by atoms with Crippen LogP contribution in [0.2, 0.25) is 5.02 Å². The van der Waals surface area contributed by atoms with Crippen molar-refractivity contribution in [2.45, 2.75) is 32.9 Å². The molecule has 4 aromatic rings. The van der Waals surface area contributed by atoms with E-state index in [9.17, 15) is 5.11 Å². The van der Waals surface area contributed by atoms with Crippen molar-refractivity contribution in [2.75, 3.05) is 4.90 Å². The second kappa shape index (κ2) is 8.78. The largest absolute Gasteiger partial charge is 0.506 e. The van der Waals surface area contributed by atoms with Gasteiger partial charge in [0.1, 0.15) is 5.75 Å². The number of nitrogens with zero attached hydrogens (tertiary/aromatic N) is 3. The molecule has 2 aromatic carbocycles. The Kier molecular flexibility index (Phi) is 5.80. The summed E-state index contributed by atoms with van der Waals surface area (Å²) in [6.45, 7) is 6.17. The fraction of sp³-hybridized carbons (Fsp3) is 0.185. The minimum atomic E-state index is -0.142. The summed E-state index contributed by atoms with van der Waals surface area (Å²) in [7, 11) is 0. The quantitative estimate of drug-likeness (QED) is 0.328. The van der Waals surface area contributed by atoms with Crippen LogP contribution in [-0.2, 0) is 0 Å². The van der Waals surface area contributed by atoms with Gasteiger partial charge in [0.05, 0.1) is 23.5 Å². The molecule has 5 rings (SSSR count). The summed E-state index contributed by atoms with van der Waals surface area (Å²) in [4.78, 5) is 6.81. The average molecular weight is 489 g/mol. The Morgan fingerprint density at radius 3 is 2.47 bits per heavy atom. The first kappa shape index (κ1) is 22.4. The first-order chi connectivity index (χ1) is 16.3. The number of thiocarbonyl (C=S) groups is 1. The highest BCUT2D eigenvalue weighted by atomic mass is 35.5. The van der Waals surface area contributed by atoms with Crippen LogP contribution in [0.3, 0.4) is 0 Å². The molecule has 0 aliphatic carbocycles. The topological polar surface area (TPSA) is 53.3 Å². The van der Waals surface area contributed by atoms with Gasteiger partial charge in [0, 0.05) is 28.3 Å². The molecular weight excluding hydrogens is 464 g/mol. The second-order valence-electron chi connectivity index (χ2n) is 8.63. The third kappa shape index (κ3) is 3.83. The molecule has 1 aliphatic rings. The zero-order valence-electron chi connectivity index (χ0n) is 19.2. The van der Waals surface area contributed by atoms with Gasteiger partial charge in [0.2, 0.25) is 0 Å². The molecule has 3 heterocycles. The summed E-state index contributed by atoms with van der Waals surface area (Å²) in [5.41, 5.74) is 6.87. The Morgan fingerprint density at radius 1 is 1.00 bits per heavy atom. The predicted molar refractivity (Wildman–Crippen MR) is 141 cm³/mol. The van der Waals surface area contributed by atoms with Crippen molar-refractivity contribution < 1.29 is 5.11 Å². The molecule has 7 heteroatoms. The minimum absolute atomic E-state index is 0.133. The maximum atomic E-state index is 10.6. The molecule has 5 nitrogen and oxygen atoms in total. The molecule has 0 amide bonds. The van der Waals surface area contributed by atoms with Gasteiger partial charge < -0.3 is 19.9 Å². The third-order valence-corrected chi connectivity index (χ3v) is 6.93. The fourth-order valence-corrected chi connectivity index (χ4v) is 5.30. The maximum absolute atomic E-state index is 10.6. The standard InChI is InChI=1S/C27H25ClN4OS/c1-16-7-10-20(11-8-16)32-26(25(30-27(32)34)22-6-4-5-13-29-22)21-14-17(2)31(18(21)3)23-15-19(28)9-12-24(23)33/h4-15,25-26,33H,1-3H3,(H,30,34)/t25-,26+/m0/s1. The molecule has 1 aliphatic heterocycles. The van der Waals surface area contributed by atoms with Crippen LogP contribution >= 0.6 is 23.8 Å². The summed E-state index contributed by atoms with van der Waals surface area (Å²) in [5.74, 6) is 0.175. The highest BCUT2D eigenvalue weighted by Gasteiger charge is 2.42. The van der Waals surface area contributed by atoms with E-state index in [2.05, 4.69) is 59.4 Å². The van der Waals surface area contributed by atoms with E-state index in [0.29, 0.717) is 15.8 Å². The van der Waals surface area contributed by atoms with Gasteiger partial charge in [-0.3, -0.25) is 4.98 Å². The van der Waals surface area contributed by atoms with Crippen LogP contribution in [0.4, 0.5) is 5.69 Å². The van der Waals surface area contributed by atoms with Gasteiger partial charge in [-0.25, -0.2) is 0 Å². The normalized spacial score (nSPS) is 17.8. The van der Waals surface area contributed by atoms with Crippen LogP contribution in [0.15, 0.2) is 72.9 Å². The van der Waals surface area contributed by atoms with Crippen molar-refractivity contribution in [2.24, 2.45) is 0 Å². The number of aromatic nitrogens is 2. The summed E-state index contributed by atoms with van der Waals surface area (Å²) < 4.78 is 2.04. The van der Waals surface area contributed by atoms with Gasteiger partial charge in [0.25, 0.3) is 0 Å². The Balaban J connectivity index is 1.70. The molecule has 0 unspecified atom stereocenters. The Labute approximate surface area is 209 Å². The number of nitrogens with one attached hydrogen (secondary N) is 1. The molecule has 172 valence electrons. The molecule has 0 spiro atoms. The fourth-order valence-electron chi connectivity index (χ4n) is 4.79. The lowest BCUT2D eigenvalue weighted by molar-refractivity contribution is 0.471. The van der Waals surface area contributed by atoms with E-state index >= 15 is 0 Å². The lowest BCUT2D eigenvalue weighted by atomic mass is 9.96. The average Bonchev–Trinajstić information content (AvgIpc) is 3.32. The van der Waals surface area contributed by atoms with Crippen LogP contribution in [0, 0.1) is 20.8 Å². The number of aromatic hydroxyl groups is 1. The van der Waals surface area contributed by atoms with Crippen molar-refractivity contribution in [3.8, 4) is 11.4 Å². The molecule has 1 fully saturated rings. The molecule has 0 bridgehead atoms. The van der Waals surface area contributed by atoms with Gasteiger partial charge >= 0.3 is 0 Å². The lowest BCUT2D eigenvalue weighted by Crippen LogP contribution is -2.29. The number of rotatable bonds is 4. The number of benzene rings is 2. The summed E-state index contributed by atoms with van der Waals surface area (Å²) >= 11 is 12.1. The van der Waals surface area contributed by atoms with E-state index in [1.165, 1.54) is 5.56 Å². The summed E-state index contributed by atoms with van der Waals surface area (Å²) in [5, 5.41) is 15.3. The highest BCUT2D eigenvalue weighted by Crippen LogP contribution is 2.44. The van der Waals surface area contributed by atoms with Gasteiger partial charge in [-0.2, -0.15) is 0 Å². The van der Waals surface area contributed by atoms with Gasteiger partial charge in [-0.1, -0.05) is 35.4 Å². The SMILES string of the molecule is Cc1ccc(N2C(=S)N[C@@H](c3ccccn3)[C@H]2c2cc(C)n(-c3cc(Cl)ccc3O)c2C)cc1. The number of hydrogen-bond acceptors (Lipinski definition) is 3. The smallest absolute Gasteiger partial charge is 0.174 e. The van der Waals surface area contributed by atoms with Gasteiger partial charge in [-0.05, 0) is 87.1 Å². The van der Waals surface area contributed by atoms with Gasteiger partial charge in [-0.15, -0.1) is 0 Å². The molecule has 0 saturated carbocycles. The number of pyridine rings is 1. The predicted octanol–water partition coefficient (Wildman–Crippen LogP) is 6.33. The van der Waals surface area contributed by atoms with E-state index in [1.807, 2.05) is 29.7 Å². The van der Waals surface area contributed by atoms with E-state index in [0.717, 1.165) is 28.3 Å². The zero-order valence-corrected chi connectivity index (χ0v) is 20.7. The zero-order chi connectivity index (χ0) is 24.0. The first-order valence-corrected chi connectivity index (χ1v) is 11.9. The Morgan fingerprint density at radius 2 is 1.76 bits per heavy atom. The molecule has 2 aromatic heterocycles. The van der Waals surface area contributed by atoms with Crippen molar-refractivity contribution in [3.05, 3.63) is 106 Å². The number of halogens is 1. The van der Waals surface area contributed by atoms with E-state index in [1.54, 1.807) is 24.4 Å². The number of anilines is 1. The maximum Gasteiger partial charge on any atom is 0.174 e. The summed E-state index contributed by atoms with van der Waals surface area (Å²) in [6, 6.07) is 21.3. The third-order valence-electron chi connectivity index (χ3n) is 6.38. The Bertz CT molecular complexity index is 1370. The Hall–Kier alpha value is -3.35. The monoisotopic (exact) mass is 488 g/mol. The van der Waals surface area contributed by atoms with Crippen LogP contribution < -0.4 is 10.2 Å². The van der Waals surface area contributed by atoms with Crippen molar-refractivity contribution in [1.29, 1.82) is 0 Å². The van der Waals surface area contributed by atoms with Crippen molar-refractivity contribution >= 4 is 34.6 Å². The van der Waals surface area contributed by atoms with Crippen molar-refractivity contribution in [3.63, 3.8) is 0 Å². The van der Waals surface area contributed by atoms with E-state index < -0.39 is 0 Å². The van der Waals surface area contributed by atoms with Crippen LogP contribution in [0.25, 0.3) is 5.69 Å². The van der Waals surface area contributed by atoms with E-state index in [4.69, 9.17) is 23.8 Å². The molecule has 34 heavy (non-hydrogen) atoms. The molecule has 2 N–H and O–H groups in total. The molecule has 2 atom stereocenters. The first-order valence-electron chi connectivity index (χ1n) is 11.1. The molecular formula is C27H25ClN4OS.